The topological polar surface area (TPSA) is 80.9 Å². The average molecular weight is 270 g/mol. The van der Waals surface area contributed by atoms with Gasteiger partial charge in [0.05, 0.1) is 12.4 Å². The molecular formula is C15H18N4O. The maximum atomic E-state index is 12.2. The number of nitrogens with two attached hydrogens (primary N) is 1. The number of hydrogen-bond acceptors (Lipinski definition) is 4. The molecule has 1 aromatic heterocycles. The van der Waals surface area contributed by atoms with Gasteiger partial charge in [0, 0.05) is 5.69 Å². The van der Waals surface area contributed by atoms with Crippen LogP contribution in [0.2, 0.25) is 0 Å². The second-order valence-corrected chi connectivity index (χ2v) is 4.44. The highest BCUT2D eigenvalue weighted by atomic mass is 16.1. The van der Waals surface area contributed by atoms with Crippen LogP contribution in [-0.4, -0.2) is 15.9 Å². The van der Waals surface area contributed by atoms with Crippen molar-refractivity contribution in [2.75, 3.05) is 11.1 Å². The summed E-state index contributed by atoms with van der Waals surface area (Å²) in [4.78, 5) is 20.1. The van der Waals surface area contributed by atoms with Crippen molar-refractivity contribution in [2.24, 2.45) is 0 Å². The Balaban J connectivity index is 2.32. The van der Waals surface area contributed by atoms with Gasteiger partial charge in [0.1, 0.15) is 11.5 Å². The highest BCUT2D eigenvalue weighted by Crippen LogP contribution is 2.23. The van der Waals surface area contributed by atoms with E-state index in [-0.39, 0.29) is 17.4 Å². The average Bonchev–Trinajstić information content (AvgIpc) is 2.47. The summed E-state index contributed by atoms with van der Waals surface area (Å²) in [5, 5.41) is 2.93. The largest absolute Gasteiger partial charge is 0.382 e. The third-order valence-electron chi connectivity index (χ3n) is 3.12. The summed E-state index contributed by atoms with van der Waals surface area (Å²) >= 11 is 0. The third-order valence-corrected chi connectivity index (χ3v) is 3.12. The van der Waals surface area contributed by atoms with Crippen molar-refractivity contribution in [1.29, 1.82) is 0 Å². The van der Waals surface area contributed by atoms with Crippen molar-refractivity contribution in [3.05, 3.63) is 47.4 Å². The lowest BCUT2D eigenvalue weighted by molar-refractivity contribution is 0.102. The maximum Gasteiger partial charge on any atom is 0.275 e. The number of amides is 1. The number of para-hydroxylation sites is 1. The molecule has 1 amide bonds. The molecule has 5 nitrogen and oxygen atoms in total. The molecule has 0 saturated heterocycles. The third kappa shape index (κ3) is 2.93. The molecule has 2 rings (SSSR count). The minimum atomic E-state index is -0.291. The Kier molecular flexibility index (Phi) is 4.30. The first-order chi connectivity index (χ1) is 9.65. The standard InChI is InChI=1S/C15H18N4O/c1-3-10-6-5-7-11(4-2)14(10)19-15(20)12-8-17-9-13(16)18-12/h5-9H,3-4H2,1-2H3,(H2,16,18)(H,19,20). The molecule has 5 heteroatoms. The van der Waals surface area contributed by atoms with E-state index in [1.807, 2.05) is 18.2 Å². The summed E-state index contributed by atoms with van der Waals surface area (Å²) in [6.45, 7) is 4.12. The first-order valence-corrected chi connectivity index (χ1v) is 6.65. The van der Waals surface area contributed by atoms with Crippen molar-refractivity contribution in [3.63, 3.8) is 0 Å². The zero-order valence-electron chi connectivity index (χ0n) is 11.7. The molecule has 0 saturated carbocycles. The van der Waals surface area contributed by atoms with E-state index < -0.39 is 0 Å². The molecule has 0 aliphatic carbocycles. The fourth-order valence-corrected chi connectivity index (χ4v) is 2.07. The summed E-state index contributed by atoms with van der Waals surface area (Å²) in [7, 11) is 0. The fraction of sp³-hybridized carbons (Fsp3) is 0.267. The van der Waals surface area contributed by atoms with Gasteiger partial charge in [-0.25, -0.2) is 4.98 Å². The minimum Gasteiger partial charge on any atom is -0.382 e. The van der Waals surface area contributed by atoms with Crippen LogP contribution in [0.4, 0.5) is 11.5 Å². The maximum absolute atomic E-state index is 12.2. The smallest absolute Gasteiger partial charge is 0.275 e. The van der Waals surface area contributed by atoms with Crippen LogP contribution < -0.4 is 11.1 Å². The number of benzene rings is 1. The molecular weight excluding hydrogens is 252 g/mol. The highest BCUT2D eigenvalue weighted by Gasteiger charge is 2.13. The Morgan fingerprint density at radius 2 is 1.85 bits per heavy atom. The van der Waals surface area contributed by atoms with Crippen LogP contribution in [0, 0.1) is 0 Å². The van der Waals surface area contributed by atoms with Crippen LogP contribution in [0.1, 0.15) is 35.5 Å². The molecule has 0 bridgehead atoms. The van der Waals surface area contributed by atoms with Crippen LogP contribution in [0.5, 0.6) is 0 Å². The Bertz CT molecular complexity index is 603. The van der Waals surface area contributed by atoms with Crippen LogP contribution in [0.15, 0.2) is 30.6 Å². The normalized spacial score (nSPS) is 10.3. The lowest BCUT2D eigenvalue weighted by Crippen LogP contribution is -2.17. The minimum absolute atomic E-state index is 0.220. The van der Waals surface area contributed by atoms with E-state index in [9.17, 15) is 4.79 Å². The van der Waals surface area contributed by atoms with Crippen LogP contribution in [0.25, 0.3) is 0 Å². The van der Waals surface area contributed by atoms with Crippen LogP contribution in [-0.2, 0) is 12.8 Å². The summed E-state index contributed by atoms with van der Waals surface area (Å²) in [6, 6.07) is 6.03. The van der Waals surface area contributed by atoms with Crippen molar-refractivity contribution >= 4 is 17.4 Å². The molecule has 0 fully saturated rings. The van der Waals surface area contributed by atoms with Gasteiger partial charge < -0.3 is 11.1 Å². The lowest BCUT2D eigenvalue weighted by Gasteiger charge is -2.14. The van der Waals surface area contributed by atoms with Crippen molar-refractivity contribution in [1.82, 2.24) is 9.97 Å². The molecule has 1 heterocycles. The Morgan fingerprint density at radius 1 is 1.20 bits per heavy atom. The quantitative estimate of drug-likeness (QED) is 0.894. The molecule has 0 unspecified atom stereocenters. The number of carbonyl (C=O) groups is 1. The number of aryl methyl sites for hydroxylation is 2. The molecule has 104 valence electrons. The number of nitrogens with one attached hydrogen (secondary N) is 1. The van der Waals surface area contributed by atoms with Gasteiger partial charge in [0.2, 0.25) is 0 Å². The van der Waals surface area contributed by atoms with E-state index in [0.717, 1.165) is 29.7 Å². The fourth-order valence-electron chi connectivity index (χ4n) is 2.07. The first kappa shape index (κ1) is 14.0. The number of hydrogen-bond donors (Lipinski definition) is 2. The molecule has 3 N–H and O–H groups in total. The zero-order chi connectivity index (χ0) is 14.5. The molecule has 0 spiro atoms. The number of carbonyl (C=O) groups excluding carboxylic acids is 1. The number of anilines is 2. The number of nitrogen functional groups attached to an aromatic ring is 1. The van der Waals surface area contributed by atoms with Crippen molar-refractivity contribution < 1.29 is 4.79 Å². The van der Waals surface area contributed by atoms with Gasteiger partial charge in [-0.2, -0.15) is 0 Å². The summed E-state index contributed by atoms with van der Waals surface area (Å²) in [5.74, 6) is -0.0578. The SMILES string of the molecule is CCc1cccc(CC)c1NC(=O)c1cncc(N)n1. The molecule has 2 aromatic rings. The number of aromatic nitrogens is 2. The van der Waals surface area contributed by atoms with E-state index in [0.29, 0.717) is 0 Å². The monoisotopic (exact) mass is 270 g/mol. The van der Waals surface area contributed by atoms with Crippen molar-refractivity contribution in [3.8, 4) is 0 Å². The second kappa shape index (κ2) is 6.14. The van der Waals surface area contributed by atoms with Crippen LogP contribution in [0.3, 0.4) is 0 Å². The number of nitrogens with zero attached hydrogens (tertiary/aromatic N) is 2. The zero-order valence-corrected chi connectivity index (χ0v) is 11.7. The molecule has 1 aromatic carbocycles. The van der Waals surface area contributed by atoms with Gasteiger partial charge in [0.15, 0.2) is 0 Å². The molecule has 0 atom stereocenters. The van der Waals surface area contributed by atoms with Crippen LogP contribution >= 0.6 is 0 Å². The van der Waals surface area contributed by atoms with Gasteiger partial charge in [-0.15, -0.1) is 0 Å². The van der Waals surface area contributed by atoms with E-state index >= 15 is 0 Å². The first-order valence-electron chi connectivity index (χ1n) is 6.65. The van der Waals surface area contributed by atoms with E-state index in [4.69, 9.17) is 5.73 Å². The molecule has 0 aliphatic heterocycles. The molecule has 0 radical (unpaired) electrons. The van der Waals surface area contributed by atoms with E-state index in [1.165, 1.54) is 12.4 Å². The summed E-state index contributed by atoms with van der Waals surface area (Å²) in [5.41, 5.74) is 8.85. The van der Waals surface area contributed by atoms with E-state index in [1.54, 1.807) is 0 Å². The van der Waals surface area contributed by atoms with Gasteiger partial charge in [0.25, 0.3) is 5.91 Å². The molecule has 0 aliphatic rings. The Labute approximate surface area is 118 Å². The van der Waals surface area contributed by atoms with Crippen molar-refractivity contribution in [2.45, 2.75) is 26.7 Å². The Morgan fingerprint density at radius 3 is 2.40 bits per heavy atom. The second-order valence-electron chi connectivity index (χ2n) is 4.44. The van der Waals surface area contributed by atoms with E-state index in [2.05, 4.69) is 29.1 Å². The lowest BCUT2D eigenvalue weighted by atomic mass is 10.0. The Hall–Kier alpha value is -2.43. The predicted octanol–water partition coefficient (Wildman–Crippen LogP) is 2.44. The van der Waals surface area contributed by atoms with Gasteiger partial charge in [-0.3, -0.25) is 9.78 Å². The number of rotatable bonds is 4. The summed E-state index contributed by atoms with van der Waals surface area (Å²) in [6.07, 6.45) is 4.53. The predicted molar refractivity (Wildman–Crippen MR) is 79.6 cm³/mol. The van der Waals surface area contributed by atoms with Gasteiger partial charge in [-0.05, 0) is 24.0 Å². The highest BCUT2D eigenvalue weighted by molar-refractivity contribution is 6.03. The van der Waals surface area contributed by atoms with Gasteiger partial charge in [-0.1, -0.05) is 32.0 Å². The summed E-state index contributed by atoms with van der Waals surface area (Å²) < 4.78 is 0. The molecule has 20 heavy (non-hydrogen) atoms. The van der Waals surface area contributed by atoms with Gasteiger partial charge >= 0.3 is 0 Å².